The lowest BCUT2D eigenvalue weighted by Crippen LogP contribution is -2.37. The van der Waals surface area contributed by atoms with Crippen molar-refractivity contribution in [2.24, 2.45) is 0 Å². The van der Waals surface area contributed by atoms with Gasteiger partial charge < -0.3 is 15.4 Å². The van der Waals surface area contributed by atoms with Gasteiger partial charge in [-0.15, -0.1) is 0 Å². The van der Waals surface area contributed by atoms with Crippen LogP contribution in [0, 0.1) is 0 Å². The third-order valence-electron chi connectivity index (χ3n) is 2.52. The maximum absolute atomic E-state index is 11.4. The second-order valence-electron chi connectivity index (χ2n) is 5.54. The molecule has 0 aromatic rings. The Morgan fingerprint density at radius 2 is 1.93 bits per heavy atom. The van der Waals surface area contributed by atoms with Crippen LogP contribution in [0.25, 0.3) is 0 Å². The lowest BCUT2D eigenvalue weighted by Gasteiger charge is -2.19. The largest absolute Gasteiger partial charge is 0.444 e. The first-order valence-electron chi connectivity index (χ1n) is 5.69. The lowest BCUT2D eigenvalue weighted by atomic mass is 10.2. The van der Waals surface area contributed by atoms with Crippen molar-refractivity contribution in [1.82, 2.24) is 10.6 Å². The monoisotopic (exact) mass is 212 g/mol. The van der Waals surface area contributed by atoms with E-state index < -0.39 is 5.60 Å². The van der Waals surface area contributed by atoms with Gasteiger partial charge in [0.25, 0.3) is 0 Å². The SMILES string of the molecule is CC(C)(C)OC(=O)NC1CC1NC1CC1. The molecular weight excluding hydrogens is 192 g/mol. The van der Waals surface area contributed by atoms with Crippen molar-refractivity contribution < 1.29 is 9.53 Å². The van der Waals surface area contributed by atoms with Crippen molar-refractivity contribution in [1.29, 1.82) is 0 Å². The highest BCUT2D eigenvalue weighted by atomic mass is 16.6. The van der Waals surface area contributed by atoms with Crippen molar-refractivity contribution in [3.8, 4) is 0 Å². The number of ether oxygens (including phenoxy) is 1. The summed E-state index contributed by atoms with van der Waals surface area (Å²) in [6, 6.07) is 1.46. The van der Waals surface area contributed by atoms with Crippen LogP contribution in [0.5, 0.6) is 0 Å². The molecule has 2 atom stereocenters. The number of hydrogen-bond donors (Lipinski definition) is 2. The van der Waals surface area contributed by atoms with E-state index in [0.717, 1.165) is 6.42 Å². The highest BCUT2D eigenvalue weighted by molar-refractivity contribution is 5.68. The van der Waals surface area contributed by atoms with Gasteiger partial charge in [0.1, 0.15) is 5.60 Å². The minimum atomic E-state index is -0.404. The Morgan fingerprint density at radius 3 is 2.47 bits per heavy atom. The average Bonchev–Trinajstić information content (AvgIpc) is 2.88. The molecule has 2 fully saturated rings. The molecule has 0 bridgehead atoms. The molecule has 0 heterocycles. The first-order chi connectivity index (χ1) is 6.94. The van der Waals surface area contributed by atoms with E-state index in [1.165, 1.54) is 12.8 Å². The minimum Gasteiger partial charge on any atom is -0.444 e. The molecule has 2 unspecified atom stereocenters. The molecule has 0 aromatic heterocycles. The Labute approximate surface area is 90.8 Å². The lowest BCUT2D eigenvalue weighted by molar-refractivity contribution is 0.0522. The van der Waals surface area contributed by atoms with Crippen molar-refractivity contribution in [3.63, 3.8) is 0 Å². The summed E-state index contributed by atoms with van der Waals surface area (Å²) in [6.45, 7) is 5.62. The fourth-order valence-corrected chi connectivity index (χ4v) is 1.55. The fourth-order valence-electron chi connectivity index (χ4n) is 1.55. The van der Waals surface area contributed by atoms with E-state index in [0.29, 0.717) is 12.1 Å². The number of rotatable bonds is 3. The number of hydrogen-bond acceptors (Lipinski definition) is 3. The number of amides is 1. The Balaban J connectivity index is 1.63. The van der Waals surface area contributed by atoms with Gasteiger partial charge in [0.15, 0.2) is 0 Å². The molecule has 0 aliphatic heterocycles. The minimum absolute atomic E-state index is 0.278. The standard InChI is InChI=1S/C11H20N2O2/c1-11(2,3)15-10(14)13-9-6-8(9)12-7-4-5-7/h7-9,12H,4-6H2,1-3H3,(H,13,14). The van der Waals surface area contributed by atoms with E-state index in [9.17, 15) is 4.79 Å². The molecule has 2 rings (SSSR count). The van der Waals surface area contributed by atoms with Gasteiger partial charge in [-0.1, -0.05) is 0 Å². The Hall–Kier alpha value is -0.770. The summed E-state index contributed by atoms with van der Waals surface area (Å²) in [4.78, 5) is 11.4. The van der Waals surface area contributed by atoms with Crippen LogP contribution in [-0.2, 0) is 4.74 Å². The van der Waals surface area contributed by atoms with Crippen molar-refractivity contribution >= 4 is 6.09 Å². The number of nitrogens with one attached hydrogen (secondary N) is 2. The molecule has 4 nitrogen and oxygen atoms in total. The highest BCUT2D eigenvalue weighted by Gasteiger charge is 2.42. The van der Waals surface area contributed by atoms with Gasteiger partial charge in [-0.25, -0.2) is 4.79 Å². The second-order valence-corrected chi connectivity index (χ2v) is 5.54. The van der Waals surface area contributed by atoms with Gasteiger partial charge in [-0.2, -0.15) is 0 Å². The van der Waals surface area contributed by atoms with Crippen LogP contribution >= 0.6 is 0 Å². The van der Waals surface area contributed by atoms with E-state index >= 15 is 0 Å². The van der Waals surface area contributed by atoms with E-state index in [-0.39, 0.29) is 12.1 Å². The van der Waals surface area contributed by atoms with Crippen molar-refractivity contribution in [2.45, 2.75) is 63.8 Å². The highest BCUT2D eigenvalue weighted by Crippen LogP contribution is 2.28. The Bertz CT molecular complexity index is 256. The number of alkyl carbamates (subject to hydrolysis) is 1. The summed E-state index contributed by atoms with van der Waals surface area (Å²) in [5, 5.41) is 6.35. The molecule has 2 aliphatic carbocycles. The zero-order chi connectivity index (χ0) is 11.1. The van der Waals surface area contributed by atoms with Crippen LogP contribution in [0.1, 0.15) is 40.0 Å². The molecule has 1 amide bonds. The molecule has 86 valence electrons. The van der Waals surface area contributed by atoms with Crippen molar-refractivity contribution in [3.05, 3.63) is 0 Å². The average molecular weight is 212 g/mol. The summed E-state index contributed by atoms with van der Waals surface area (Å²) in [5.74, 6) is 0. The summed E-state index contributed by atoms with van der Waals surface area (Å²) < 4.78 is 5.18. The zero-order valence-corrected chi connectivity index (χ0v) is 9.67. The molecule has 0 radical (unpaired) electrons. The molecule has 4 heteroatoms. The van der Waals surface area contributed by atoms with Crippen LogP contribution in [0.4, 0.5) is 4.79 Å². The van der Waals surface area contributed by atoms with E-state index in [1.54, 1.807) is 0 Å². The van der Waals surface area contributed by atoms with E-state index in [1.807, 2.05) is 20.8 Å². The summed E-state index contributed by atoms with van der Waals surface area (Å²) in [5.41, 5.74) is -0.404. The Morgan fingerprint density at radius 1 is 1.27 bits per heavy atom. The number of carbonyl (C=O) groups is 1. The van der Waals surface area contributed by atoms with E-state index in [2.05, 4.69) is 10.6 Å². The van der Waals surface area contributed by atoms with Crippen LogP contribution in [0.3, 0.4) is 0 Å². The zero-order valence-electron chi connectivity index (χ0n) is 9.67. The summed E-state index contributed by atoms with van der Waals surface area (Å²) in [7, 11) is 0. The van der Waals surface area contributed by atoms with Gasteiger partial charge in [-0.05, 0) is 40.0 Å². The summed E-state index contributed by atoms with van der Waals surface area (Å²) in [6.07, 6.45) is 3.31. The topological polar surface area (TPSA) is 50.4 Å². The smallest absolute Gasteiger partial charge is 0.407 e. The molecule has 2 aliphatic rings. The van der Waals surface area contributed by atoms with Crippen LogP contribution in [0.15, 0.2) is 0 Å². The normalized spacial score (nSPS) is 29.8. The van der Waals surface area contributed by atoms with Crippen LogP contribution in [0.2, 0.25) is 0 Å². The summed E-state index contributed by atoms with van der Waals surface area (Å²) >= 11 is 0. The Kier molecular flexibility index (Phi) is 2.63. The maximum Gasteiger partial charge on any atom is 0.407 e. The molecular formula is C11H20N2O2. The van der Waals surface area contributed by atoms with Crippen molar-refractivity contribution in [2.75, 3.05) is 0 Å². The molecule has 0 saturated heterocycles. The van der Waals surface area contributed by atoms with Gasteiger partial charge in [0, 0.05) is 18.1 Å². The molecule has 2 saturated carbocycles. The third kappa shape index (κ3) is 3.70. The molecule has 15 heavy (non-hydrogen) atoms. The van der Waals surface area contributed by atoms with Gasteiger partial charge >= 0.3 is 6.09 Å². The van der Waals surface area contributed by atoms with Gasteiger partial charge in [0.2, 0.25) is 0 Å². The third-order valence-corrected chi connectivity index (χ3v) is 2.52. The van der Waals surface area contributed by atoms with Crippen LogP contribution in [-0.4, -0.2) is 29.8 Å². The fraction of sp³-hybridized carbons (Fsp3) is 0.909. The van der Waals surface area contributed by atoms with Gasteiger partial charge in [0.05, 0.1) is 0 Å². The van der Waals surface area contributed by atoms with E-state index in [4.69, 9.17) is 4.74 Å². The predicted octanol–water partition coefficient (Wildman–Crippen LogP) is 1.40. The quantitative estimate of drug-likeness (QED) is 0.743. The van der Waals surface area contributed by atoms with Gasteiger partial charge in [-0.3, -0.25) is 0 Å². The molecule has 2 N–H and O–H groups in total. The first-order valence-corrected chi connectivity index (χ1v) is 5.69. The molecule has 0 spiro atoms. The predicted molar refractivity (Wildman–Crippen MR) is 57.7 cm³/mol. The first kappa shape index (κ1) is 10.7. The maximum atomic E-state index is 11.4. The molecule has 0 aromatic carbocycles. The number of carbonyl (C=O) groups excluding carboxylic acids is 1. The second kappa shape index (κ2) is 3.67. The van der Waals surface area contributed by atoms with Crippen LogP contribution < -0.4 is 10.6 Å².